The molecule has 0 bridgehead atoms. The standard InChI is InChI=1S/C19H29N3O/c20-19(23)17-9-7-16(8-10-17)14-21-11-5-6-18(15-21)22-12-3-1-2-4-13-22/h7-10,18H,1-6,11-15H2,(H2,20,23)/t18-/m1/s1. The highest BCUT2D eigenvalue weighted by Gasteiger charge is 2.25. The molecule has 3 rings (SSSR count). The summed E-state index contributed by atoms with van der Waals surface area (Å²) in [7, 11) is 0. The number of benzene rings is 1. The lowest BCUT2D eigenvalue weighted by atomic mass is 10.0. The van der Waals surface area contributed by atoms with E-state index in [1.54, 1.807) is 0 Å². The van der Waals surface area contributed by atoms with Crippen LogP contribution in [0.5, 0.6) is 0 Å². The van der Waals surface area contributed by atoms with E-state index in [2.05, 4.69) is 9.80 Å². The summed E-state index contributed by atoms with van der Waals surface area (Å²) in [6.45, 7) is 5.90. The molecule has 23 heavy (non-hydrogen) atoms. The average molecular weight is 315 g/mol. The Labute approximate surface area is 139 Å². The van der Waals surface area contributed by atoms with Gasteiger partial charge in [0.05, 0.1) is 0 Å². The summed E-state index contributed by atoms with van der Waals surface area (Å²) in [5.74, 6) is -0.351. The Kier molecular flexibility index (Phi) is 5.68. The largest absolute Gasteiger partial charge is 0.366 e. The van der Waals surface area contributed by atoms with E-state index in [1.807, 2.05) is 24.3 Å². The molecule has 2 aliphatic heterocycles. The number of carbonyl (C=O) groups is 1. The van der Waals surface area contributed by atoms with E-state index in [4.69, 9.17) is 5.73 Å². The van der Waals surface area contributed by atoms with Crippen molar-refractivity contribution < 1.29 is 4.79 Å². The Bertz CT molecular complexity index is 506. The van der Waals surface area contributed by atoms with Gasteiger partial charge in [-0.25, -0.2) is 0 Å². The van der Waals surface area contributed by atoms with Crippen molar-refractivity contribution in [1.82, 2.24) is 9.80 Å². The summed E-state index contributed by atoms with van der Waals surface area (Å²) in [5, 5.41) is 0. The number of hydrogen-bond donors (Lipinski definition) is 1. The molecule has 2 aliphatic rings. The molecular weight excluding hydrogens is 286 g/mol. The van der Waals surface area contributed by atoms with E-state index in [1.165, 1.54) is 70.3 Å². The summed E-state index contributed by atoms with van der Waals surface area (Å²) < 4.78 is 0. The summed E-state index contributed by atoms with van der Waals surface area (Å²) in [6.07, 6.45) is 8.17. The molecule has 1 atom stereocenters. The zero-order valence-electron chi connectivity index (χ0n) is 14.0. The van der Waals surface area contributed by atoms with Crippen LogP contribution in [0.15, 0.2) is 24.3 Å². The molecule has 0 spiro atoms. The molecule has 0 radical (unpaired) electrons. The zero-order chi connectivity index (χ0) is 16.1. The van der Waals surface area contributed by atoms with Crippen molar-refractivity contribution in [3.05, 3.63) is 35.4 Å². The monoisotopic (exact) mass is 315 g/mol. The van der Waals surface area contributed by atoms with Gasteiger partial charge in [-0.05, 0) is 63.0 Å². The number of primary amides is 1. The van der Waals surface area contributed by atoms with Crippen molar-refractivity contribution >= 4 is 5.91 Å². The van der Waals surface area contributed by atoms with E-state index in [-0.39, 0.29) is 5.91 Å². The number of carbonyl (C=O) groups excluding carboxylic acids is 1. The zero-order valence-corrected chi connectivity index (χ0v) is 14.0. The van der Waals surface area contributed by atoms with Crippen molar-refractivity contribution in [3.63, 3.8) is 0 Å². The van der Waals surface area contributed by atoms with Crippen LogP contribution in [0.4, 0.5) is 0 Å². The van der Waals surface area contributed by atoms with Crippen LogP contribution in [0.3, 0.4) is 0 Å². The maximum Gasteiger partial charge on any atom is 0.248 e. The first kappa shape index (κ1) is 16.5. The van der Waals surface area contributed by atoms with Crippen LogP contribution >= 0.6 is 0 Å². The van der Waals surface area contributed by atoms with Gasteiger partial charge < -0.3 is 5.73 Å². The maximum absolute atomic E-state index is 11.2. The highest BCUT2D eigenvalue weighted by atomic mass is 16.1. The number of nitrogens with zero attached hydrogens (tertiary/aromatic N) is 2. The van der Waals surface area contributed by atoms with Crippen LogP contribution in [-0.4, -0.2) is 47.9 Å². The van der Waals surface area contributed by atoms with Crippen LogP contribution in [0.2, 0.25) is 0 Å². The van der Waals surface area contributed by atoms with Crippen LogP contribution < -0.4 is 5.73 Å². The third kappa shape index (κ3) is 4.55. The molecule has 0 aliphatic carbocycles. The van der Waals surface area contributed by atoms with E-state index < -0.39 is 0 Å². The lowest BCUT2D eigenvalue weighted by Crippen LogP contribution is -2.47. The van der Waals surface area contributed by atoms with Crippen LogP contribution in [-0.2, 0) is 6.54 Å². The Morgan fingerprint density at radius 2 is 1.70 bits per heavy atom. The number of rotatable bonds is 4. The molecule has 1 aromatic rings. The second-order valence-electron chi connectivity index (χ2n) is 7.04. The predicted molar refractivity (Wildman–Crippen MR) is 93.3 cm³/mol. The Hall–Kier alpha value is -1.39. The maximum atomic E-state index is 11.2. The fourth-order valence-corrected chi connectivity index (χ4v) is 3.97. The van der Waals surface area contributed by atoms with E-state index in [9.17, 15) is 4.79 Å². The van der Waals surface area contributed by atoms with Crippen molar-refractivity contribution in [2.75, 3.05) is 26.2 Å². The van der Waals surface area contributed by atoms with Gasteiger partial charge in [-0.2, -0.15) is 0 Å². The molecule has 4 heteroatoms. The summed E-state index contributed by atoms with van der Waals surface area (Å²) in [6, 6.07) is 8.49. The first-order valence-corrected chi connectivity index (χ1v) is 9.07. The number of nitrogens with two attached hydrogens (primary N) is 1. The van der Waals surface area contributed by atoms with Gasteiger partial charge in [0, 0.05) is 24.7 Å². The number of likely N-dealkylation sites (tertiary alicyclic amines) is 2. The second kappa shape index (κ2) is 7.93. The van der Waals surface area contributed by atoms with Gasteiger partial charge in [0.2, 0.25) is 5.91 Å². The van der Waals surface area contributed by atoms with Crippen LogP contribution in [0, 0.1) is 0 Å². The molecule has 126 valence electrons. The van der Waals surface area contributed by atoms with Crippen molar-refractivity contribution in [3.8, 4) is 0 Å². The molecule has 4 nitrogen and oxygen atoms in total. The number of amides is 1. The molecule has 0 unspecified atom stereocenters. The molecule has 2 heterocycles. The van der Waals surface area contributed by atoms with Gasteiger partial charge in [0.25, 0.3) is 0 Å². The van der Waals surface area contributed by atoms with Crippen molar-refractivity contribution in [2.45, 2.75) is 51.1 Å². The first-order chi connectivity index (χ1) is 11.2. The number of piperidine rings is 1. The highest BCUT2D eigenvalue weighted by Crippen LogP contribution is 2.21. The molecule has 1 aromatic carbocycles. The topological polar surface area (TPSA) is 49.6 Å². The minimum Gasteiger partial charge on any atom is -0.366 e. The van der Waals surface area contributed by atoms with Crippen LogP contribution in [0.25, 0.3) is 0 Å². The quantitative estimate of drug-likeness (QED) is 0.929. The lowest BCUT2D eigenvalue weighted by molar-refractivity contribution is 0.0956. The third-order valence-electron chi connectivity index (χ3n) is 5.28. The molecule has 0 aromatic heterocycles. The average Bonchev–Trinajstić information content (AvgIpc) is 2.85. The SMILES string of the molecule is NC(=O)c1ccc(CN2CCC[C@@H](N3CCCCCC3)C2)cc1. The van der Waals surface area contributed by atoms with Crippen molar-refractivity contribution in [2.24, 2.45) is 5.73 Å². The fourth-order valence-electron chi connectivity index (χ4n) is 3.97. The Morgan fingerprint density at radius 1 is 1.00 bits per heavy atom. The molecule has 0 saturated carbocycles. The van der Waals surface area contributed by atoms with Gasteiger partial charge in [-0.1, -0.05) is 25.0 Å². The van der Waals surface area contributed by atoms with Gasteiger partial charge in [-0.3, -0.25) is 14.6 Å². The lowest BCUT2D eigenvalue weighted by Gasteiger charge is -2.39. The van der Waals surface area contributed by atoms with E-state index in [0.717, 1.165) is 12.6 Å². The summed E-state index contributed by atoms with van der Waals surface area (Å²) >= 11 is 0. The minimum absolute atomic E-state index is 0.351. The van der Waals surface area contributed by atoms with Gasteiger partial charge in [0.1, 0.15) is 0 Å². The van der Waals surface area contributed by atoms with E-state index >= 15 is 0 Å². The molecular formula is C19H29N3O. The summed E-state index contributed by atoms with van der Waals surface area (Å²) in [5.41, 5.74) is 7.17. The smallest absolute Gasteiger partial charge is 0.248 e. The van der Waals surface area contributed by atoms with E-state index in [0.29, 0.717) is 5.56 Å². The Balaban J connectivity index is 1.56. The minimum atomic E-state index is -0.351. The van der Waals surface area contributed by atoms with Crippen molar-refractivity contribution in [1.29, 1.82) is 0 Å². The van der Waals surface area contributed by atoms with Gasteiger partial charge in [0.15, 0.2) is 0 Å². The third-order valence-corrected chi connectivity index (χ3v) is 5.28. The second-order valence-corrected chi connectivity index (χ2v) is 7.04. The molecule has 2 N–H and O–H groups in total. The van der Waals surface area contributed by atoms with Crippen LogP contribution in [0.1, 0.15) is 54.4 Å². The first-order valence-electron chi connectivity index (χ1n) is 9.07. The normalized spacial score (nSPS) is 24.3. The fraction of sp³-hybridized carbons (Fsp3) is 0.632. The number of hydrogen-bond acceptors (Lipinski definition) is 3. The highest BCUT2D eigenvalue weighted by molar-refractivity contribution is 5.92. The Morgan fingerprint density at radius 3 is 2.35 bits per heavy atom. The summed E-state index contributed by atoms with van der Waals surface area (Å²) in [4.78, 5) is 16.5. The van der Waals surface area contributed by atoms with Gasteiger partial charge in [-0.15, -0.1) is 0 Å². The molecule has 2 saturated heterocycles. The molecule has 2 fully saturated rings. The molecule has 1 amide bonds. The predicted octanol–water partition coefficient (Wildman–Crippen LogP) is 2.63. The van der Waals surface area contributed by atoms with Gasteiger partial charge >= 0.3 is 0 Å².